The van der Waals surface area contributed by atoms with E-state index in [1.54, 1.807) is 0 Å². The van der Waals surface area contributed by atoms with E-state index < -0.39 is 0 Å². The van der Waals surface area contributed by atoms with Crippen molar-refractivity contribution in [2.75, 3.05) is 13.1 Å². The lowest BCUT2D eigenvalue weighted by molar-refractivity contribution is -0.135. The van der Waals surface area contributed by atoms with Gasteiger partial charge in [0.15, 0.2) is 0 Å². The van der Waals surface area contributed by atoms with Crippen LogP contribution in [0.3, 0.4) is 0 Å². The average molecular weight is 427 g/mol. The minimum atomic E-state index is -0.308. The third-order valence-electron chi connectivity index (χ3n) is 6.22. The van der Waals surface area contributed by atoms with E-state index >= 15 is 0 Å². The van der Waals surface area contributed by atoms with Crippen molar-refractivity contribution < 1.29 is 9.59 Å². The molecule has 0 radical (unpaired) electrons. The Morgan fingerprint density at radius 2 is 1.38 bits per heavy atom. The first kappa shape index (κ1) is 21.8. The van der Waals surface area contributed by atoms with E-state index in [0.29, 0.717) is 12.1 Å². The summed E-state index contributed by atoms with van der Waals surface area (Å²) in [7, 11) is 0. The molecule has 3 aromatic carbocycles. The predicted octanol–water partition coefficient (Wildman–Crippen LogP) is 5.02. The second-order valence-corrected chi connectivity index (χ2v) is 8.35. The minimum absolute atomic E-state index is 0.0641. The van der Waals surface area contributed by atoms with Gasteiger partial charge in [-0.2, -0.15) is 0 Å². The van der Waals surface area contributed by atoms with Crippen LogP contribution in [0.2, 0.25) is 0 Å². The Morgan fingerprint density at radius 1 is 0.812 bits per heavy atom. The van der Waals surface area contributed by atoms with Gasteiger partial charge in [-0.25, -0.2) is 0 Å². The number of rotatable bonds is 7. The van der Waals surface area contributed by atoms with Crippen LogP contribution in [0.5, 0.6) is 0 Å². The van der Waals surface area contributed by atoms with Crippen molar-refractivity contribution in [2.24, 2.45) is 0 Å². The fourth-order valence-corrected chi connectivity index (χ4v) is 4.57. The molecule has 1 N–H and O–H groups in total. The second-order valence-electron chi connectivity index (χ2n) is 8.35. The number of hydrogen-bond acceptors (Lipinski definition) is 2. The predicted molar refractivity (Wildman–Crippen MR) is 127 cm³/mol. The van der Waals surface area contributed by atoms with Gasteiger partial charge in [0, 0.05) is 24.7 Å². The molecule has 1 saturated heterocycles. The summed E-state index contributed by atoms with van der Waals surface area (Å²) >= 11 is 0. The van der Waals surface area contributed by atoms with E-state index in [2.05, 4.69) is 10.2 Å². The molecule has 1 aliphatic heterocycles. The second kappa shape index (κ2) is 10.8. The van der Waals surface area contributed by atoms with Crippen LogP contribution in [0.1, 0.15) is 53.1 Å². The number of benzene rings is 3. The van der Waals surface area contributed by atoms with Crippen LogP contribution in [0.4, 0.5) is 0 Å². The SMILES string of the molecule is O=C(NCC[C@H]1CCCCN1C(=O)C(c1ccccc1)c1ccccc1)c1ccccc1. The minimum Gasteiger partial charge on any atom is -0.352 e. The van der Waals surface area contributed by atoms with Crippen molar-refractivity contribution in [3.63, 3.8) is 0 Å². The highest BCUT2D eigenvalue weighted by molar-refractivity contribution is 5.94. The van der Waals surface area contributed by atoms with Crippen LogP contribution in [-0.4, -0.2) is 35.8 Å². The molecule has 0 bridgehead atoms. The largest absolute Gasteiger partial charge is 0.352 e. The lowest BCUT2D eigenvalue weighted by Crippen LogP contribution is -2.47. The van der Waals surface area contributed by atoms with Crippen molar-refractivity contribution >= 4 is 11.8 Å². The molecule has 0 aliphatic carbocycles. The Labute approximate surface area is 190 Å². The Bertz CT molecular complexity index is 966. The van der Waals surface area contributed by atoms with E-state index in [1.807, 2.05) is 91.0 Å². The van der Waals surface area contributed by atoms with Crippen molar-refractivity contribution in [2.45, 2.75) is 37.6 Å². The van der Waals surface area contributed by atoms with Crippen molar-refractivity contribution in [3.05, 3.63) is 108 Å². The van der Waals surface area contributed by atoms with Gasteiger partial charge in [0.1, 0.15) is 0 Å². The summed E-state index contributed by atoms with van der Waals surface area (Å²) in [6.07, 6.45) is 3.88. The third-order valence-corrected chi connectivity index (χ3v) is 6.22. The van der Waals surface area contributed by atoms with Crippen LogP contribution in [0.25, 0.3) is 0 Å². The fraction of sp³-hybridized carbons (Fsp3) is 0.286. The van der Waals surface area contributed by atoms with E-state index in [0.717, 1.165) is 43.4 Å². The van der Waals surface area contributed by atoms with Crippen LogP contribution in [0.15, 0.2) is 91.0 Å². The summed E-state index contributed by atoms with van der Waals surface area (Å²) < 4.78 is 0. The maximum atomic E-state index is 13.9. The van der Waals surface area contributed by atoms with Gasteiger partial charge >= 0.3 is 0 Å². The Kier molecular flexibility index (Phi) is 7.34. The van der Waals surface area contributed by atoms with Crippen LogP contribution >= 0.6 is 0 Å². The molecule has 0 spiro atoms. The van der Waals surface area contributed by atoms with Crippen molar-refractivity contribution in [1.82, 2.24) is 10.2 Å². The Balaban J connectivity index is 1.48. The molecule has 2 amide bonds. The number of likely N-dealkylation sites (tertiary alicyclic amines) is 1. The molecule has 3 aromatic rings. The molecule has 1 heterocycles. The molecule has 0 saturated carbocycles. The number of nitrogens with one attached hydrogen (secondary N) is 1. The fourth-order valence-electron chi connectivity index (χ4n) is 4.57. The summed E-state index contributed by atoms with van der Waals surface area (Å²) in [5.74, 6) is -0.218. The zero-order chi connectivity index (χ0) is 22.2. The molecule has 4 heteroatoms. The highest BCUT2D eigenvalue weighted by Gasteiger charge is 2.33. The monoisotopic (exact) mass is 426 g/mol. The topological polar surface area (TPSA) is 49.4 Å². The number of carbonyl (C=O) groups is 2. The van der Waals surface area contributed by atoms with Gasteiger partial charge < -0.3 is 10.2 Å². The van der Waals surface area contributed by atoms with Gasteiger partial charge in [-0.15, -0.1) is 0 Å². The third kappa shape index (κ3) is 5.25. The van der Waals surface area contributed by atoms with Gasteiger partial charge in [-0.1, -0.05) is 78.9 Å². The zero-order valence-electron chi connectivity index (χ0n) is 18.3. The molecule has 0 aromatic heterocycles. The first-order valence-corrected chi connectivity index (χ1v) is 11.5. The van der Waals surface area contributed by atoms with Gasteiger partial charge in [0.25, 0.3) is 5.91 Å². The molecule has 1 fully saturated rings. The standard InChI is InChI=1S/C28H30N2O2/c31-27(24-16-8-3-9-17-24)29-20-19-25-18-10-11-21-30(25)28(32)26(22-12-4-1-5-13-22)23-14-6-2-7-15-23/h1-9,12-17,25-26H,10-11,18-21H2,(H,29,31)/t25-/m1/s1. The maximum Gasteiger partial charge on any atom is 0.251 e. The molecule has 32 heavy (non-hydrogen) atoms. The molecule has 164 valence electrons. The summed E-state index contributed by atoms with van der Waals surface area (Å²) in [4.78, 5) is 28.3. The highest BCUT2D eigenvalue weighted by atomic mass is 16.2. The summed E-state index contributed by atoms with van der Waals surface area (Å²) in [6.45, 7) is 1.33. The van der Waals surface area contributed by atoms with Crippen molar-refractivity contribution in [1.29, 1.82) is 0 Å². The average Bonchev–Trinajstić information content (AvgIpc) is 2.86. The molecule has 0 unspecified atom stereocenters. The number of piperidine rings is 1. The number of amides is 2. The quantitative estimate of drug-likeness (QED) is 0.577. The summed E-state index contributed by atoms with van der Waals surface area (Å²) in [6, 6.07) is 29.5. The van der Waals surface area contributed by atoms with Gasteiger partial charge in [0.05, 0.1) is 5.92 Å². The van der Waals surface area contributed by atoms with E-state index in [4.69, 9.17) is 0 Å². The van der Waals surface area contributed by atoms with Crippen LogP contribution < -0.4 is 5.32 Å². The number of carbonyl (C=O) groups excluding carboxylic acids is 2. The molecule has 4 nitrogen and oxygen atoms in total. The highest BCUT2D eigenvalue weighted by Crippen LogP contribution is 2.30. The van der Waals surface area contributed by atoms with Gasteiger partial charge in [-0.3, -0.25) is 9.59 Å². The molecule has 1 aliphatic rings. The zero-order valence-corrected chi connectivity index (χ0v) is 18.3. The number of nitrogens with zero attached hydrogens (tertiary/aromatic N) is 1. The van der Waals surface area contributed by atoms with Gasteiger partial charge in [0.2, 0.25) is 5.91 Å². The summed E-state index contributed by atoms with van der Waals surface area (Å²) in [5.41, 5.74) is 2.70. The maximum absolute atomic E-state index is 13.9. The molecular formula is C28H30N2O2. The van der Waals surface area contributed by atoms with Crippen LogP contribution in [-0.2, 0) is 4.79 Å². The summed E-state index contributed by atoms with van der Waals surface area (Å²) in [5, 5.41) is 3.02. The lowest BCUT2D eigenvalue weighted by Gasteiger charge is -2.38. The Morgan fingerprint density at radius 3 is 1.97 bits per heavy atom. The first-order valence-electron chi connectivity index (χ1n) is 11.5. The first-order chi connectivity index (χ1) is 15.7. The van der Waals surface area contributed by atoms with Crippen LogP contribution in [0, 0.1) is 0 Å². The van der Waals surface area contributed by atoms with E-state index in [1.165, 1.54) is 0 Å². The Hall–Kier alpha value is -3.40. The molecule has 4 rings (SSSR count). The van der Waals surface area contributed by atoms with E-state index in [-0.39, 0.29) is 23.8 Å². The smallest absolute Gasteiger partial charge is 0.251 e. The van der Waals surface area contributed by atoms with E-state index in [9.17, 15) is 9.59 Å². The number of hydrogen-bond donors (Lipinski definition) is 1. The van der Waals surface area contributed by atoms with Gasteiger partial charge in [-0.05, 0) is 48.9 Å². The molecular weight excluding hydrogens is 396 g/mol. The molecule has 1 atom stereocenters. The normalized spacial score (nSPS) is 16.0. The lowest BCUT2D eigenvalue weighted by atomic mass is 9.88. The van der Waals surface area contributed by atoms with Crippen molar-refractivity contribution in [3.8, 4) is 0 Å².